The average Bonchev–Trinajstić information content (AvgIpc) is 2.46. The van der Waals surface area contributed by atoms with Gasteiger partial charge in [-0.3, -0.25) is 4.79 Å². The molecule has 1 rings (SSSR count). The van der Waals surface area contributed by atoms with Crippen molar-refractivity contribution in [2.24, 2.45) is 5.10 Å². The summed E-state index contributed by atoms with van der Waals surface area (Å²) in [5.41, 5.74) is 3.93. The van der Waals surface area contributed by atoms with Gasteiger partial charge in [0.2, 0.25) is 0 Å². The largest absolute Gasteiger partial charge is 0.496 e. The first-order valence-corrected chi connectivity index (χ1v) is 6.10. The first kappa shape index (κ1) is 15.5. The summed E-state index contributed by atoms with van der Waals surface area (Å²) in [6.07, 6.45) is 2.00. The molecule has 1 N–H and O–H groups in total. The SMILES string of the molecule is CCc1c(OC)ccc(/C=N\NC(=O)CC#N)c1OC. The molecule has 0 bridgehead atoms. The number of rotatable bonds is 6. The smallest absolute Gasteiger partial charge is 0.254 e. The summed E-state index contributed by atoms with van der Waals surface area (Å²) in [7, 11) is 3.17. The van der Waals surface area contributed by atoms with Crippen molar-refractivity contribution in [3.8, 4) is 17.6 Å². The van der Waals surface area contributed by atoms with Gasteiger partial charge >= 0.3 is 0 Å². The maximum atomic E-state index is 11.1. The lowest BCUT2D eigenvalue weighted by Gasteiger charge is -2.13. The third-order valence-electron chi connectivity index (χ3n) is 2.66. The fourth-order valence-electron chi connectivity index (χ4n) is 1.78. The zero-order chi connectivity index (χ0) is 15.0. The van der Waals surface area contributed by atoms with E-state index in [0.717, 1.165) is 23.3 Å². The van der Waals surface area contributed by atoms with Crippen molar-refractivity contribution in [2.75, 3.05) is 14.2 Å². The molecule has 1 amide bonds. The second-order valence-electron chi connectivity index (χ2n) is 3.85. The predicted molar refractivity (Wildman–Crippen MR) is 74.9 cm³/mol. The van der Waals surface area contributed by atoms with Crippen LogP contribution in [0.2, 0.25) is 0 Å². The van der Waals surface area contributed by atoms with Crippen LogP contribution in [0.3, 0.4) is 0 Å². The Morgan fingerprint density at radius 2 is 2.20 bits per heavy atom. The second-order valence-corrected chi connectivity index (χ2v) is 3.85. The number of amides is 1. The highest BCUT2D eigenvalue weighted by atomic mass is 16.5. The molecule has 6 heteroatoms. The minimum Gasteiger partial charge on any atom is -0.496 e. The van der Waals surface area contributed by atoms with E-state index in [1.54, 1.807) is 26.4 Å². The lowest BCUT2D eigenvalue weighted by Crippen LogP contribution is -2.16. The minimum absolute atomic E-state index is 0.225. The number of methoxy groups -OCH3 is 2. The number of hydrazone groups is 1. The number of nitrogens with zero attached hydrogens (tertiary/aromatic N) is 2. The summed E-state index contributed by atoms with van der Waals surface area (Å²) in [5, 5.41) is 12.2. The number of carbonyl (C=O) groups excluding carboxylic acids is 1. The molecule has 0 aliphatic heterocycles. The summed E-state index contributed by atoms with van der Waals surface area (Å²) in [6, 6.07) is 5.35. The Morgan fingerprint density at radius 3 is 2.75 bits per heavy atom. The van der Waals surface area contributed by atoms with Crippen LogP contribution in [0, 0.1) is 11.3 Å². The Kier molecular flexibility index (Phi) is 6.04. The molecule has 20 heavy (non-hydrogen) atoms. The molecule has 0 atom stereocenters. The molecule has 0 aliphatic rings. The standard InChI is InChI=1S/C14H17N3O3/c1-4-11-12(19-2)6-5-10(14(11)20-3)9-16-17-13(18)7-8-15/h5-6,9H,4,7H2,1-3H3,(H,17,18)/b16-9-. The first-order valence-electron chi connectivity index (χ1n) is 6.10. The first-order chi connectivity index (χ1) is 9.67. The third-order valence-corrected chi connectivity index (χ3v) is 2.66. The Balaban J connectivity index is 2.98. The van der Waals surface area contributed by atoms with Crippen molar-refractivity contribution in [3.05, 3.63) is 23.3 Å². The van der Waals surface area contributed by atoms with E-state index in [4.69, 9.17) is 14.7 Å². The van der Waals surface area contributed by atoms with Gasteiger partial charge in [0.15, 0.2) is 0 Å². The number of hydrogen-bond acceptors (Lipinski definition) is 5. The van der Waals surface area contributed by atoms with Gasteiger partial charge < -0.3 is 9.47 Å². The average molecular weight is 275 g/mol. The van der Waals surface area contributed by atoms with Gasteiger partial charge in [0, 0.05) is 11.1 Å². The molecule has 0 radical (unpaired) electrons. The normalized spacial score (nSPS) is 10.1. The van der Waals surface area contributed by atoms with Gasteiger partial charge in [-0.2, -0.15) is 10.4 Å². The van der Waals surface area contributed by atoms with Crippen molar-refractivity contribution in [2.45, 2.75) is 19.8 Å². The van der Waals surface area contributed by atoms with E-state index in [-0.39, 0.29) is 6.42 Å². The van der Waals surface area contributed by atoms with E-state index in [1.165, 1.54) is 6.21 Å². The van der Waals surface area contributed by atoms with Crippen LogP contribution in [0.25, 0.3) is 0 Å². The molecular weight excluding hydrogens is 258 g/mol. The van der Waals surface area contributed by atoms with Crippen molar-refractivity contribution >= 4 is 12.1 Å². The molecule has 6 nitrogen and oxygen atoms in total. The fraction of sp³-hybridized carbons (Fsp3) is 0.357. The van der Waals surface area contributed by atoms with Crippen LogP contribution in [-0.4, -0.2) is 26.3 Å². The second kappa shape index (κ2) is 7.79. The molecule has 106 valence electrons. The lowest BCUT2D eigenvalue weighted by molar-refractivity contribution is -0.120. The number of hydrogen-bond donors (Lipinski definition) is 1. The topological polar surface area (TPSA) is 83.7 Å². The van der Waals surface area contributed by atoms with E-state index < -0.39 is 5.91 Å². The van der Waals surface area contributed by atoms with Crippen molar-refractivity contribution in [1.82, 2.24) is 5.43 Å². The lowest BCUT2D eigenvalue weighted by atomic mass is 10.1. The zero-order valence-electron chi connectivity index (χ0n) is 11.8. The Labute approximate surface area is 118 Å². The van der Waals surface area contributed by atoms with Gasteiger partial charge in [0.1, 0.15) is 17.9 Å². The fourth-order valence-corrected chi connectivity index (χ4v) is 1.78. The van der Waals surface area contributed by atoms with Crippen LogP contribution < -0.4 is 14.9 Å². The molecule has 0 unspecified atom stereocenters. The monoisotopic (exact) mass is 275 g/mol. The van der Waals surface area contributed by atoms with Crippen LogP contribution in [-0.2, 0) is 11.2 Å². The van der Waals surface area contributed by atoms with Gasteiger partial charge in [0.05, 0.1) is 26.5 Å². The number of benzene rings is 1. The molecule has 0 saturated heterocycles. The quantitative estimate of drug-likeness (QED) is 0.631. The molecule has 1 aromatic carbocycles. The van der Waals surface area contributed by atoms with Crippen molar-refractivity contribution in [3.63, 3.8) is 0 Å². The minimum atomic E-state index is -0.452. The third kappa shape index (κ3) is 3.72. The van der Waals surface area contributed by atoms with E-state index in [2.05, 4.69) is 10.5 Å². The molecule has 0 saturated carbocycles. The van der Waals surface area contributed by atoms with E-state index in [1.807, 2.05) is 13.0 Å². The summed E-state index contributed by atoms with van der Waals surface area (Å²) >= 11 is 0. The van der Waals surface area contributed by atoms with Gasteiger partial charge in [-0.15, -0.1) is 0 Å². The number of ether oxygens (including phenoxy) is 2. The van der Waals surface area contributed by atoms with Crippen molar-refractivity contribution in [1.29, 1.82) is 5.26 Å². The van der Waals surface area contributed by atoms with Crippen molar-refractivity contribution < 1.29 is 14.3 Å². The molecule has 1 aromatic rings. The Morgan fingerprint density at radius 1 is 1.45 bits per heavy atom. The van der Waals surface area contributed by atoms with Crippen LogP contribution >= 0.6 is 0 Å². The molecule has 0 aliphatic carbocycles. The van der Waals surface area contributed by atoms with E-state index in [0.29, 0.717) is 5.75 Å². The van der Waals surface area contributed by atoms with Gasteiger partial charge in [-0.25, -0.2) is 5.43 Å². The highest BCUT2D eigenvalue weighted by Gasteiger charge is 2.12. The van der Waals surface area contributed by atoms with E-state index >= 15 is 0 Å². The highest BCUT2D eigenvalue weighted by molar-refractivity contribution is 5.86. The molecule has 0 heterocycles. The summed E-state index contributed by atoms with van der Waals surface area (Å²) in [4.78, 5) is 11.1. The predicted octanol–water partition coefficient (Wildman–Crippen LogP) is 1.63. The molecule has 0 spiro atoms. The van der Waals surface area contributed by atoms with Crippen LogP contribution in [0.1, 0.15) is 24.5 Å². The summed E-state index contributed by atoms with van der Waals surface area (Å²) in [5.74, 6) is 0.951. The van der Waals surface area contributed by atoms with E-state index in [9.17, 15) is 4.79 Å². The van der Waals surface area contributed by atoms with Gasteiger partial charge in [-0.1, -0.05) is 6.92 Å². The maximum absolute atomic E-state index is 11.1. The summed E-state index contributed by atoms with van der Waals surface area (Å²) in [6.45, 7) is 2.00. The van der Waals surface area contributed by atoms with Gasteiger partial charge in [0.25, 0.3) is 5.91 Å². The zero-order valence-corrected chi connectivity index (χ0v) is 11.8. The number of carbonyl (C=O) groups is 1. The van der Waals surface area contributed by atoms with Crippen LogP contribution in [0.15, 0.2) is 17.2 Å². The number of nitrogens with one attached hydrogen (secondary N) is 1. The maximum Gasteiger partial charge on any atom is 0.254 e. The Bertz CT molecular complexity index is 547. The molecular formula is C14H17N3O3. The number of nitriles is 1. The summed E-state index contributed by atoms with van der Waals surface area (Å²) < 4.78 is 10.7. The molecule has 0 fully saturated rings. The van der Waals surface area contributed by atoms with Crippen LogP contribution in [0.4, 0.5) is 0 Å². The Hall–Kier alpha value is -2.55. The van der Waals surface area contributed by atoms with Gasteiger partial charge in [-0.05, 0) is 18.6 Å². The van der Waals surface area contributed by atoms with Crippen LogP contribution in [0.5, 0.6) is 11.5 Å². The highest BCUT2D eigenvalue weighted by Crippen LogP contribution is 2.31. The molecule has 0 aromatic heterocycles.